The molecule has 1 aromatic carbocycles. The first-order valence-electron chi connectivity index (χ1n) is 12.5. The van der Waals surface area contributed by atoms with Gasteiger partial charge in [-0.1, -0.05) is 12.1 Å². The molecule has 32 heavy (non-hydrogen) atoms. The number of amides is 2. The van der Waals surface area contributed by atoms with E-state index in [0.29, 0.717) is 36.2 Å². The molecule has 4 aliphatic rings. The standard InChI is InChI=1S/C26H37N3O3/c1-32-23-8-5-19(6-9-23)7-10-25(30)27-13-11-22(12-14-27)28-16-20-15-21(18-28)24-3-2-4-26(31)29(24)17-20/h5-6,8-9,20-22,24H,2-4,7,10-18H2,1H3/t20-,21-,24-/m1/s1. The van der Waals surface area contributed by atoms with E-state index in [1.165, 1.54) is 18.4 Å². The van der Waals surface area contributed by atoms with Gasteiger partial charge in [-0.05, 0) is 68.1 Å². The van der Waals surface area contributed by atoms with Gasteiger partial charge >= 0.3 is 0 Å². The highest BCUT2D eigenvalue weighted by atomic mass is 16.5. The van der Waals surface area contributed by atoms with E-state index in [-0.39, 0.29) is 5.91 Å². The second kappa shape index (κ2) is 9.42. The van der Waals surface area contributed by atoms with Crippen LogP contribution in [-0.2, 0) is 16.0 Å². The van der Waals surface area contributed by atoms with Crippen LogP contribution in [0.25, 0.3) is 0 Å². The van der Waals surface area contributed by atoms with Gasteiger partial charge < -0.3 is 14.5 Å². The Kier molecular flexibility index (Phi) is 6.40. The van der Waals surface area contributed by atoms with E-state index in [1.54, 1.807) is 7.11 Å². The number of ether oxygens (including phenoxy) is 1. The monoisotopic (exact) mass is 439 g/mol. The zero-order valence-corrected chi connectivity index (χ0v) is 19.4. The number of piperidine rings is 4. The van der Waals surface area contributed by atoms with E-state index in [9.17, 15) is 9.59 Å². The van der Waals surface area contributed by atoms with Gasteiger partial charge in [0.05, 0.1) is 7.11 Å². The van der Waals surface area contributed by atoms with Crippen LogP contribution in [0.3, 0.4) is 0 Å². The Morgan fingerprint density at radius 3 is 2.59 bits per heavy atom. The molecule has 2 amide bonds. The van der Waals surface area contributed by atoms with Crippen molar-refractivity contribution in [3.8, 4) is 5.75 Å². The van der Waals surface area contributed by atoms with Gasteiger partial charge in [-0.3, -0.25) is 14.5 Å². The summed E-state index contributed by atoms with van der Waals surface area (Å²) in [6.45, 7) is 5.00. The van der Waals surface area contributed by atoms with Crippen LogP contribution >= 0.6 is 0 Å². The van der Waals surface area contributed by atoms with Crippen LogP contribution in [0.5, 0.6) is 5.75 Å². The third kappa shape index (κ3) is 4.52. The van der Waals surface area contributed by atoms with Crippen LogP contribution < -0.4 is 4.74 Å². The van der Waals surface area contributed by atoms with Gasteiger partial charge in [-0.25, -0.2) is 0 Å². The van der Waals surface area contributed by atoms with Gasteiger partial charge in [-0.2, -0.15) is 0 Å². The van der Waals surface area contributed by atoms with Crippen molar-refractivity contribution in [2.75, 3.05) is 39.8 Å². The second-order valence-electron chi connectivity index (χ2n) is 10.3. The Morgan fingerprint density at radius 2 is 1.84 bits per heavy atom. The van der Waals surface area contributed by atoms with Crippen molar-refractivity contribution in [3.05, 3.63) is 29.8 Å². The van der Waals surface area contributed by atoms with Gasteiger partial charge in [0.15, 0.2) is 0 Å². The summed E-state index contributed by atoms with van der Waals surface area (Å²) in [6.07, 6.45) is 7.85. The predicted molar refractivity (Wildman–Crippen MR) is 123 cm³/mol. The topological polar surface area (TPSA) is 53.1 Å². The Labute approximate surface area is 191 Å². The van der Waals surface area contributed by atoms with Crippen LogP contribution in [0.2, 0.25) is 0 Å². The van der Waals surface area contributed by atoms with Crippen molar-refractivity contribution in [2.45, 2.75) is 63.5 Å². The third-order valence-electron chi connectivity index (χ3n) is 8.33. The molecule has 4 aliphatic heterocycles. The molecule has 2 bridgehead atoms. The lowest BCUT2D eigenvalue weighted by atomic mass is 9.75. The smallest absolute Gasteiger partial charge is 0.222 e. The Hall–Kier alpha value is -2.08. The summed E-state index contributed by atoms with van der Waals surface area (Å²) >= 11 is 0. The van der Waals surface area contributed by atoms with Gasteiger partial charge in [0.2, 0.25) is 11.8 Å². The number of carbonyl (C=O) groups is 2. The van der Waals surface area contributed by atoms with Gasteiger partial charge in [-0.15, -0.1) is 0 Å². The molecule has 0 radical (unpaired) electrons. The molecule has 4 saturated heterocycles. The van der Waals surface area contributed by atoms with Gasteiger partial charge in [0, 0.05) is 57.6 Å². The molecule has 6 heteroatoms. The van der Waals surface area contributed by atoms with E-state index in [4.69, 9.17) is 4.74 Å². The normalized spacial score (nSPS) is 29.0. The number of fused-ring (bicyclic) bond motifs is 4. The minimum atomic E-state index is 0.283. The lowest BCUT2D eigenvalue weighted by Crippen LogP contribution is -2.62. The van der Waals surface area contributed by atoms with Crippen molar-refractivity contribution < 1.29 is 14.3 Å². The highest BCUT2D eigenvalue weighted by Gasteiger charge is 2.45. The zero-order valence-electron chi connectivity index (χ0n) is 19.4. The van der Waals surface area contributed by atoms with E-state index in [2.05, 4.69) is 14.7 Å². The Balaban J connectivity index is 1.10. The fourth-order valence-corrected chi connectivity index (χ4v) is 6.63. The maximum absolute atomic E-state index is 12.8. The molecular formula is C26H37N3O3. The molecule has 0 aliphatic carbocycles. The van der Waals surface area contributed by atoms with Crippen LogP contribution in [0.1, 0.15) is 50.5 Å². The molecule has 4 fully saturated rings. The number of nitrogens with zero attached hydrogens (tertiary/aromatic N) is 3. The summed E-state index contributed by atoms with van der Waals surface area (Å²) in [5.41, 5.74) is 1.18. The van der Waals surface area contributed by atoms with Crippen LogP contribution in [-0.4, -0.2) is 78.4 Å². The molecular weight excluding hydrogens is 402 g/mol. The SMILES string of the molecule is COc1ccc(CCC(=O)N2CCC(N3C[C@H]4C[C@H](C3)[C@H]3CCCC(=O)N3C4)CC2)cc1. The van der Waals surface area contributed by atoms with Crippen LogP contribution in [0, 0.1) is 11.8 Å². The molecule has 1 aromatic rings. The van der Waals surface area contributed by atoms with Crippen molar-refractivity contribution in [1.29, 1.82) is 0 Å². The highest BCUT2D eigenvalue weighted by molar-refractivity contribution is 5.77. The van der Waals surface area contributed by atoms with E-state index >= 15 is 0 Å². The lowest BCUT2D eigenvalue weighted by Gasteiger charge is -2.54. The molecule has 0 aromatic heterocycles. The first-order chi connectivity index (χ1) is 15.6. The number of carbonyl (C=O) groups excluding carboxylic acids is 2. The van der Waals surface area contributed by atoms with E-state index < -0.39 is 0 Å². The summed E-state index contributed by atoms with van der Waals surface area (Å²) in [5.74, 6) is 2.82. The number of likely N-dealkylation sites (tertiary alicyclic amines) is 2. The maximum atomic E-state index is 12.8. The molecule has 0 saturated carbocycles. The minimum Gasteiger partial charge on any atom is -0.497 e. The molecule has 0 N–H and O–H groups in total. The highest BCUT2D eigenvalue weighted by Crippen LogP contribution is 2.39. The summed E-state index contributed by atoms with van der Waals surface area (Å²) in [5, 5.41) is 0. The number of benzene rings is 1. The summed E-state index contributed by atoms with van der Waals surface area (Å²) < 4.78 is 5.21. The van der Waals surface area contributed by atoms with Crippen molar-refractivity contribution >= 4 is 11.8 Å². The molecule has 6 nitrogen and oxygen atoms in total. The first-order valence-corrected chi connectivity index (χ1v) is 12.5. The predicted octanol–water partition coefficient (Wildman–Crippen LogP) is 2.95. The van der Waals surface area contributed by atoms with Crippen LogP contribution in [0.15, 0.2) is 24.3 Å². The first kappa shape index (κ1) is 21.7. The van der Waals surface area contributed by atoms with E-state index in [1.807, 2.05) is 24.3 Å². The zero-order chi connectivity index (χ0) is 22.1. The molecule has 4 heterocycles. The Morgan fingerprint density at radius 1 is 1.06 bits per heavy atom. The molecule has 174 valence electrons. The molecule has 0 spiro atoms. The fraction of sp³-hybridized carbons (Fsp3) is 0.692. The molecule has 0 unspecified atom stereocenters. The molecule has 5 rings (SSSR count). The number of aryl methyl sites for hydroxylation is 1. The minimum absolute atomic E-state index is 0.283. The second-order valence-corrected chi connectivity index (χ2v) is 10.3. The summed E-state index contributed by atoms with van der Waals surface area (Å²) in [4.78, 5) is 32.2. The largest absolute Gasteiger partial charge is 0.497 e. The van der Waals surface area contributed by atoms with Crippen molar-refractivity contribution in [1.82, 2.24) is 14.7 Å². The summed E-state index contributed by atoms with van der Waals surface area (Å²) in [6, 6.07) is 9.09. The lowest BCUT2D eigenvalue weighted by molar-refractivity contribution is -0.146. The average Bonchev–Trinajstić information content (AvgIpc) is 2.83. The van der Waals surface area contributed by atoms with Gasteiger partial charge in [0.1, 0.15) is 5.75 Å². The number of methoxy groups -OCH3 is 1. The number of rotatable bonds is 5. The average molecular weight is 440 g/mol. The van der Waals surface area contributed by atoms with Crippen molar-refractivity contribution in [2.24, 2.45) is 11.8 Å². The Bertz CT molecular complexity index is 818. The fourth-order valence-electron chi connectivity index (χ4n) is 6.63. The van der Waals surface area contributed by atoms with Crippen molar-refractivity contribution in [3.63, 3.8) is 0 Å². The number of hydrogen-bond donors (Lipinski definition) is 0. The summed E-state index contributed by atoms with van der Waals surface area (Å²) in [7, 11) is 1.67. The maximum Gasteiger partial charge on any atom is 0.222 e. The quantitative estimate of drug-likeness (QED) is 0.708. The van der Waals surface area contributed by atoms with Gasteiger partial charge in [0.25, 0.3) is 0 Å². The molecule has 3 atom stereocenters. The van der Waals surface area contributed by atoms with Crippen LogP contribution in [0.4, 0.5) is 0 Å². The van der Waals surface area contributed by atoms with E-state index in [0.717, 1.165) is 70.6 Å². The number of hydrogen-bond acceptors (Lipinski definition) is 4. The third-order valence-corrected chi connectivity index (χ3v) is 8.33.